The molecule has 0 aliphatic rings. The van der Waals surface area contributed by atoms with E-state index in [-0.39, 0.29) is 16.5 Å². The quantitative estimate of drug-likeness (QED) is 0.761. The fourth-order valence-electron chi connectivity index (χ4n) is 1.33. The fourth-order valence-corrected chi connectivity index (χ4v) is 1.47. The van der Waals surface area contributed by atoms with E-state index in [1.54, 1.807) is 0 Å². The number of nitrogens with zero attached hydrogens (tertiary/aromatic N) is 1. The Kier molecular flexibility index (Phi) is 2.63. The highest BCUT2D eigenvalue weighted by atomic mass is 35.5. The molecule has 1 heterocycles. The van der Waals surface area contributed by atoms with Crippen molar-refractivity contribution in [1.82, 2.24) is 5.16 Å². The first kappa shape index (κ1) is 11.0. The molecule has 0 bridgehead atoms. The van der Waals surface area contributed by atoms with Crippen LogP contribution in [0.5, 0.6) is 0 Å². The van der Waals surface area contributed by atoms with Gasteiger partial charge in [0.2, 0.25) is 5.22 Å². The Balaban J connectivity index is 2.57. The smallest absolute Gasteiger partial charge is 0.344 e. The van der Waals surface area contributed by atoms with Gasteiger partial charge >= 0.3 is 6.18 Å². The third kappa shape index (κ3) is 2.04. The molecule has 16 heavy (non-hydrogen) atoms. The molecule has 2 aromatic rings. The highest BCUT2D eigenvalue weighted by Crippen LogP contribution is 2.36. The third-order valence-electron chi connectivity index (χ3n) is 1.99. The predicted molar refractivity (Wildman–Crippen MR) is 52.0 cm³/mol. The largest absolute Gasteiger partial charge is 0.417 e. The Bertz CT molecular complexity index is 507. The summed E-state index contributed by atoms with van der Waals surface area (Å²) in [6.45, 7) is 0. The monoisotopic (exact) mass is 247 g/mol. The normalized spacial score (nSPS) is 11.8. The summed E-state index contributed by atoms with van der Waals surface area (Å²) < 4.78 is 42.5. The van der Waals surface area contributed by atoms with Gasteiger partial charge in [-0.05, 0) is 17.7 Å². The Morgan fingerprint density at radius 3 is 2.44 bits per heavy atom. The first-order valence-corrected chi connectivity index (χ1v) is 4.65. The van der Waals surface area contributed by atoms with Gasteiger partial charge in [0.15, 0.2) is 0 Å². The Hall–Kier alpha value is -1.49. The van der Waals surface area contributed by atoms with Crippen LogP contribution in [0.3, 0.4) is 0 Å². The zero-order valence-corrected chi connectivity index (χ0v) is 8.51. The van der Waals surface area contributed by atoms with E-state index < -0.39 is 11.7 Å². The summed E-state index contributed by atoms with van der Waals surface area (Å²) in [5.74, 6) is 0. The van der Waals surface area contributed by atoms with Crippen LogP contribution in [-0.2, 0) is 6.18 Å². The molecule has 0 fully saturated rings. The first-order valence-electron chi connectivity index (χ1n) is 4.27. The standard InChI is InChI=1S/C10H5ClF3NO/c11-9-5-8(15-16-9)6-3-1-2-4-7(6)10(12,13)14/h1-5H. The molecular formula is C10H5ClF3NO. The van der Waals surface area contributed by atoms with Crippen LogP contribution < -0.4 is 0 Å². The highest BCUT2D eigenvalue weighted by molar-refractivity contribution is 6.29. The molecule has 0 atom stereocenters. The summed E-state index contributed by atoms with van der Waals surface area (Å²) in [6.07, 6.45) is -4.43. The number of rotatable bonds is 1. The van der Waals surface area contributed by atoms with Gasteiger partial charge < -0.3 is 4.52 Å². The molecule has 0 radical (unpaired) electrons. The van der Waals surface area contributed by atoms with Gasteiger partial charge in [0.05, 0.1) is 5.56 Å². The summed E-state index contributed by atoms with van der Waals surface area (Å²) >= 11 is 5.47. The molecule has 0 saturated carbocycles. The lowest BCUT2D eigenvalue weighted by Gasteiger charge is -2.09. The maximum Gasteiger partial charge on any atom is 0.417 e. The van der Waals surface area contributed by atoms with Crippen LogP contribution in [-0.4, -0.2) is 5.16 Å². The van der Waals surface area contributed by atoms with Crippen molar-refractivity contribution in [3.63, 3.8) is 0 Å². The van der Waals surface area contributed by atoms with Crippen molar-refractivity contribution in [3.8, 4) is 11.3 Å². The molecule has 84 valence electrons. The second-order valence-electron chi connectivity index (χ2n) is 3.06. The second kappa shape index (κ2) is 3.83. The molecule has 1 aromatic heterocycles. The number of hydrogen-bond acceptors (Lipinski definition) is 2. The molecule has 0 aliphatic heterocycles. The number of alkyl halides is 3. The van der Waals surface area contributed by atoms with Crippen molar-refractivity contribution in [3.05, 3.63) is 41.1 Å². The summed E-state index contributed by atoms with van der Waals surface area (Å²) in [5.41, 5.74) is -0.747. The van der Waals surface area contributed by atoms with Crippen molar-refractivity contribution in [1.29, 1.82) is 0 Å². The summed E-state index contributed by atoms with van der Waals surface area (Å²) in [4.78, 5) is 0. The molecule has 0 spiro atoms. The molecule has 2 rings (SSSR count). The van der Waals surface area contributed by atoms with Crippen molar-refractivity contribution >= 4 is 11.6 Å². The molecule has 0 amide bonds. The van der Waals surface area contributed by atoms with Gasteiger partial charge in [-0.2, -0.15) is 13.2 Å². The fraction of sp³-hybridized carbons (Fsp3) is 0.100. The average Bonchev–Trinajstić information content (AvgIpc) is 2.64. The van der Waals surface area contributed by atoms with Gasteiger partial charge in [-0.15, -0.1) is 0 Å². The van der Waals surface area contributed by atoms with Crippen molar-refractivity contribution in [2.75, 3.05) is 0 Å². The van der Waals surface area contributed by atoms with Crippen molar-refractivity contribution < 1.29 is 17.7 Å². The number of aromatic nitrogens is 1. The second-order valence-corrected chi connectivity index (χ2v) is 3.43. The number of hydrogen-bond donors (Lipinski definition) is 0. The molecule has 0 aliphatic carbocycles. The third-order valence-corrected chi connectivity index (χ3v) is 2.17. The molecule has 1 aromatic carbocycles. The van der Waals surface area contributed by atoms with E-state index in [1.165, 1.54) is 24.3 Å². The average molecular weight is 248 g/mol. The van der Waals surface area contributed by atoms with Crippen molar-refractivity contribution in [2.45, 2.75) is 6.18 Å². The van der Waals surface area contributed by atoms with Crippen LogP contribution >= 0.6 is 11.6 Å². The number of benzene rings is 1. The van der Waals surface area contributed by atoms with E-state index in [0.29, 0.717) is 0 Å². The van der Waals surface area contributed by atoms with Gasteiger partial charge in [0.25, 0.3) is 0 Å². The molecule has 2 nitrogen and oxygen atoms in total. The maximum absolute atomic E-state index is 12.6. The highest BCUT2D eigenvalue weighted by Gasteiger charge is 2.33. The topological polar surface area (TPSA) is 26.0 Å². The molecule has 0 unspecified atom stereocenters. The van der Waals surface area contributed by atoms with Crippen molar-refractivity contribution in [2.24, 2.45) is 0 Å². The molecule has 0 N–H and O–H groups in total. The zero-order chi connectivity index (χ0) is 11.8. The van der Waals surface area contributed by atoms with Gasteiger partial charge in [-0.1, -0.05) is 23.4 Å². The summed E-state index contributed by atoms with van der Waals surface area (Å²) in [5, 5.41) is 3.40. The van der Waals surface area contributed by atoms with Crippen LogP contribution in [0.15, 0.2) is 34.9 Å². The van der Waals surface area contributed by atoms with Crippen LogP contribution in [0.2, 0.25) is 5.22 Å². The first-order chi connectivity index (χ1) is 7.48. The van der Waals surface area contributed by atoms with E-state index >= 15 is 0 Å². The van der Waals surface area contributed by atoms with Crippen LogP contribution in [0.25, 0.3) is 11.3 Å². The Morgan fingerprint density at radius 2 is 1.88 bits per heavy atom. The number of halogens is 4. The molecule has 6 heteroatoms. The minimum atomic E-state index is -4.43. The van der Waals surface area contributed by atoms with E-state index in [9.17, 15) is 13.2 Å². The van der Waals surface area contributed by atoms with Crippen LogP contribution in [0.1, 0.15) is 5.56 Å². The molecule has 0 saturated heterocycles. The van der Waals surface area contributed by atoms with Gasteiger partial charge in [-0.3, -0.25) is 0 Å². The lowest BCUT2D eigenvalue weighted by atomic mass is 10.0. The Labute approximate surface area is 93.6 Å². The van der Waals surface area contributed by atoms with Gasteiger partial charge in [-0.25, -0.2) is 0 Å². The van der Waals surface area contributed by atoms with Gasteiger partial charge in [0, 0.05) is 11.6 Å². The minimum Gasteiger partial charge on any atom is -0.344 e. The molecular weight excluding hydrogens is 243 g/mol. The van der Waals surface area contributed by atoms with Gasteiger partial charge in [0.1, 0.15) is 5.69 Å². The zero-order valence-electron chi connectivity index (χ0n) is 7.75. The summed E-state index contributed by atoms with van der Waals surface area (Å²) in [6, 6.07) is 6.35. The van der Waals surface area contributed by atoms with Crippen LogP contribution in [0.4, 0.5) is 13.2 Å². The lowest BCUT2D eigenvalue weighted by molar-refractivity contribution is -0.137. The van der Waals surface area contributed by atoms with E-state index in [0.717, 1.165) is 6.07 Å². The minimum absolute atomic E-state index is 0.0491. The predicted octanol–water partition coefficient (Wildman–Crippen LogP) is 4.01. The van der Waals surface area contributed by atoms with E-state index in [1.807, 2.05) is 0 Å². The van der Waals surface area contributed by atoms with Crippen LogP contribution in [0, 0.1) is 0 Å². The lowest BCUT2D eigenvalue weighted by Crippen LogP contribution is -2.06. The van der Waals surface area contributed by atoms with E-state index in [2.05, 4.69) is 9.68 Å². The van der Waals surface area contributed by atoms with E-state index in [4.69, 9.17) is 11.6 Å². The maximum atomic E-state index is 12.6. The Morgan fingerprint density at radius 1 is 1.19 bits per heavy atom. The summed E-state index contributed by atoms with van der Waals surface area (Å²) in [7, 11) is 0. The SMILES string of the molecule is FC(F)(F)c1ccccc1-c1cc(Cl)on1.